The Morgan fingerprint density at radius 2 is 1.83 bits per heavy atom. The summed E-state index contributed by atoms with van der Waals surface area (Å²) < 4.78 is 5.63. The van der Waals surface area contributed by atoms with Crippen LogP contribution >= 0.6 is 11.6 Å². The van der Waals surface area contributed by atoms with E-state index in [-0.39, 0.29) is 0 Å². The van der Waals surface area contributed by atoms with Crippen molar-refractivity contribution >= 4 is 11.6 Å². The molecule has 23 heavy (non-hydrogen) atoms. The third kappa shape index (κ3) is 4.79. The van der Waals surface area contributed by atoms with E-state index in [0.29, 0.717) is 13.2 Å². The van der Waals surface area contributed by atoms with E-state index in [0.717, 1.165) is 36.6 Å². The number of hydrogen-bond donors (Lipinski definition) is 2. The molecule has 0 saturated carbocycles. The molecule has 1 aliphatic heterocycles. The standard InChI is InChI=1S/C19H22ClNO2/c20-18-7-5-15(6-8-18)13-23-14-19(22)12-21-10-9-16-3-1-2-4-17(16)11-21/h1-8,19,22H,9-14H2/p+1. The summed E-state index contributed by atoms with van der Waals surface area (Å²) in [6.07, 6.45) is 0.659. The average Bonchev–Trinajstić information content (AvgIpc) is 2.56. The van der Waals surface area contributed by atoms with Crippen LogP contribution in [-0.4, -0.2) is 30.9 Å². The quantitative estimate of drug-likeness (QED) is 0.846. The van der Waals surface area contributed by atoms with Gasteiger partial charge < -0.3 is 14.7 Å². The maximum atomic E-state index is 10.2. The fraction of sp³-hybridized carbons (Fsp3) is 0.368. The number of quaternary nitrogens is 1. The molecule has 2 N–H and O–H groups in total. The lowest BCUT2D eigenvalue weighted by atomic mass is 10.00. The van der Waals surface area contributed by atoms with Gasteiger partial charge in [-0.05, 0) is 23.3 Å². The van der Waals surface area contributed by atoms with Crippen LogP contribution in [0.5, 0.6) is 0 Å². The number of fused-ring (bicyclic) bond motifs is 1. The highest BCUT2D eigenvalue weighted by Crippen LogP contribution is 2.11. The summed E-state index contributed by atoms with van der Waals surface area (Å²) in [6.45, 7) is 3.67. The first kappa shape index (κ1) is 16.5. The van der Waals surface area contributed by atoms with Crippen LogP contribution in [0.25, 0.3) is 0 Å². The second-order valence-corrected chi connectivity index (χ2v) is 6.63. The second kappa shape index (κ2) is 7.93. The highest BCUT2D eigenvalue weighted by molar-refractivity contribution is 6.30. The molecular formula is C19H23ClNO2+. The summed E-state index contributed by atoms with van der Waals surface area (Å²) in [5.41, 5.74) is 3.92. The monoisotopic (exact) mass is 332 g/mol. The van der Waals surface area contributed by atoms with Gasteiger partial charge in [0, 0.05) is 17.0 Å². The van der Waals surface area contributed by atoms with E-state index in [2.05, 4.69) is 24.3 Å². The van der Waals surface area contributed by atoms with Gasteiger partial charge in [-0.15, -0.1) is 0 Å². The topological polar surface area (TPSA) is 33.9 Å². The Bertz CT molecular complexity index is 630. The lowest BCUT2D eigenvalue weighted by Crippen LogP contribution is -3.12. The Morgan fingerprint density at radius 1 is 1.09 bits per heavy atom. The van der Waals surface area contributed by atoms with Gasteiger partial charge in [0.25, 0.3) is 0 Å². The minimum atomic E-state index is -0.428. The highest BCUT2D eigenvalue weighted by atomic mass is 35.5. The molecule has 3 nitrogen and oxygen atoms in total. The Morgan fingerprint density at radius 3 is 2.61 bits per heavy atom. The van der Waals surface area contributed by atoms with Crippen LogP contribution in [-0.2, 0) is 24.3 Å². The van der Waals surface area contributed by atoms with Gasteiger partial charge in [0.1, 0.15) is 19.2 Å². The smallest absolute Gasteiger partial charge is 0.126 e. The number of rotatable bonds is 6. The zero-order valence-electron chi connectivity index (χ0n) is 13.2. The maximum absolute atomic E-state index is 10.2. The summed E-state index contributed by atoms with van der Waals surface area (Å²) in [5.74, 6) is 0. The van der Waals surface area contributed by atoms with Crippen LogP contribution in [0.4, 0.5) is 0 Å². The maximum Gasteiger partial charge on any atom is 0.126 e. The molecule has 0 bridgehead atoms. The summed E-state index contributed by atoms with van der Waals surface area (Å²) in [4.78, 5) is 1.42. The third-order valence-electron chi connectivity index (χ3n) is 4.32. The van der Waals surface area contributed by atoms with Crippen LogP contribution in [0, 0.1) is 0 Å². The Kier molecular flexibility index (Phi) is 5.68. The van der Waals surface area contributed by atoms with Crippen LogP contribution in [0.2, 0.25) is 5.02 Å². The first-order chi connectivity index (χ1) is 11.2. The molecule has 2 atom stereocenters. The molecule has 0 radical (unpaired) electrons. The van der Waals surface area contributed by atoms with Gasteiger partial charge in [-0.25, -0.2) is 0 Å². The van der Waals surface area contributed by atoms with E-state index in [1.54, 1.807) is 0 Å². The van der Waals surface area contributed by atoms with Crippen LogP contribution < -0.4 is 4.90 Å². The van der Waals surface area contributed by atoms with Crippen molar-refractivity contribution in [2.24, 2.45) is 0 Å². The zero-order chi connectivity index (χ0) is 16.1. The summed E-state index contributed by atoms with van der Waals surface area (Å²) in [7, 11) is 0. The van der Waals surface area contributed by atoms with Gasteiger partial charge in [-0.1, -0.05) is 48.0 Å². The molecule has 1 aliphatic rings. The van der Waals surface area contributed by atoms with Gasteiger partial charge in [-0.2, -0.15) is 0 Å². The van der Waals surface area contributed by atoms with E-state index in [1.165, 1.54) is 16.0 Å². The van der Waals surface area contributed by atoms with Gasteiger partial charge in [0.2, 0.25) is 0 Å². The molecule has 2 aromatic carbocycles. The lowest BCUT2D eigenvalue weighted by Gasteiger charge is -2.27. The summed E-state index contributed by atoms with van der Waals surface area (Å²) in [6, 6.07) is 16.2. The molecule has 4 heteroatoms. The average molecular weight is 333 g/mol. The predicted octanol–water partition coefficient (Wildman–Crippen LogP) is 1.86. The van der Waals surface area contributed by atoms with Gasteiger partial charge in [-0.3, -0.25) is 0 Å². The van der Waals surface area contributed by atoms with Crippen molar-refractivity contribution in [1.82, 2.24) is 0 Å². The normalized spacial score (nSPS) is 18.4. The predicted molar refractivity (Wildman–Crippen MR) is 91.7 cm³/mol. The molecule has 0 saturated heterocycles. The van der Waals surface area contributed by atoms with Crippen molar-refractivity contribution in [2.45, 2.75) is 25.7 Å². The number of ether oxygens (including phenoxy) is 1. The molecule has 0 aromatic heterocycles. The van der Waals surface area contributed by atoms with Crippen molar-refractivity contribution in [3.05, 3.63) is 70.2 Å². The summed E-state index contributed by atoms with van der Waals surface area (Å²) >= 11 is 5.86. The van der Waals surface area contributed by atoms with Crippen LogP contribution in [0.3, 0.4) is 0 Å². The minimum Gasteiger partial charge on any atom is -0.385 e. The molecule has 0 aliphatic carbocycles. The van der Waals surface area contributed by atoms with Gasteiger partial charge in [0.05, 0.1) is 19.8 Å². The van der Waals surface area contributed by atoms with Crippen molar-refractivity contribution in [2.75, 3.05) is 19.7 Å². The van der Waals surface area contributed by atoms with Crippen molar-refractivity contribution in [3.63, 3.8) is 0 Å². The Labute approximate surface area is 142 Å². The molecular weight excluding hydrogens is 310 g/mol. The SMILES string of the molecule is OC(COCc1ccc(Cl)cc1)C[NH+]1CCc2ccccc2C1. The Balaban J connectivity index is 1.41. The summed E-state index contributed by atoms with van der Waals surface area (Å²) in [5, 5.41) is 10.9. The highest BCUT2D eigenvalue weighted by Gasteiger charge is 2.21. The molecule has 1 heterocycles. The van der Waals surface area contributed by atoms with E-state index >= 15 is 0 Å². The number of nitrogens with one attached hydrogen (secondary N) is 1. The molecule has 0 amide bonds. The third-order valence-corrected chi connectivity index (χ3v) is 4.58. The van der Waals surface area contributed by atoms with Crippen molar-refractivity contribution < 1.29 is 14.7 Å². The van der Waals surface area contributed by atoms with E-state index in [9.17, 15) is 5.11 Å². The molecule has 122 valence electrons. The fourth-order valence-corrected chi connectivity index (χ4v) is 3.23. The second-order valence-electron chi connectivity index (χ2n) is 6.20. The van der Waals surface area contributed by atoms with E-state index < -0.39 is 6.10 Å². The molecule has 0 spiro atoms. The minimum absolute atomic E-state index is 0.369. The Hall–Kier alpha value is -1.39. The van der Waals surface area contributed by atoms with Crippen molar-refractivity contribution in [1.29, 1.82) is 0 Å². The molecule has 2 unspecified atom stereocenters. The van der Waals surface area contributed by atoms with Gasteiger partial charge in [0.15, 0.2) is 0 Å². The number of benzene rings is 2. The van der Waals surface area contributed by atoms with E-state index in [4.69, 9.17) is 16.3 Å². The van der Waals surface area contributed by atoms with Crippen LogP contribution in [0.15, 0.2) is 48.5 Å². The first-order valence-corrected chi connectivity index (χ1v) is 8.49. The molecule has 0 fully saturated rings. The first-order valence-electron chi connectivity index (χ1n) is 8.11. The number of halogens is 1. The number of hydrogen-bond acceptors (Lipinski definition) is 2. The van der Waals surface area contributed by atoms with E-state index in [1.807, 2.05) is 24.3 Å². The number of aliphatic hydroxyl groups is 1. The molecule has 2 aromatic rings. The lowest BCUT2D eigenvalue weighted by molar-refractivity contribution is -0.919. The molecule has 3 rings (SSSR count). The largest absolute Gasteiger partial charge is 0.385 e. The number of aliphatic hydroxyl groups excluding tert-OH is 1. The van der Waals surface area contributed by atoms with Gasteiger partial charge >= 0.3 is 0 Å². The van der Waals surface area contributed by atoms with Crippen LogP contribution in [0.1, 0.15) is 16.7 Å². The van der Waals surface area contributed by atoms with Crippen molar-refractivity contribution in [3.8, 4) is 0 Å². The zero-order valence-corrected chi connectivity index (χ0v) is 13.9. The fourth-order valence-electron chi connectivity index (χ4n) is 3.10.